The fourth-order valence-electron chi connectivity index (χ4n) is 2.15. The van der Waals surface area contributed by atoms with Crippen LogP contribution in [-0.2, 0) is 0 Å². The molecule has 2 rings (SSSR count). The fourth-order valence-corrected chi connectivity index (χ4v) is 3.85. The Morgan fingerprint density at radius 2 is 2.00 bits per heavy atom. The van der Waals surface area contributed by atoms with Crippen molar-refractivity contribution in [2.24, 2.45) is 0 Å². The number of likely N-dealkylation sites (N-methyl/N-ethyl adjacent to an activating group) is 1. The average Bonchev–Trinajstić information content (AvgIpc) is 3.00. The molecular formula is C16H24N4OS2. The van der Waals surface area contributed by atoms with Gasteiger partial charge in [0.2, 0.25) is 5.13 Å². The lowest BCUT2D eigenvalue weighted by atomic mass is 10.2. The monoisotopic (exact) mass is 352 g/mol. The van der Waals surface area contributed by atoms with Crippen LogP contribution in [0.3, 0.4) is 0 Å². The van der Waals surface area contributed by atoms with Crippen LogP contribution in [0.25, 0.3) is 0 Å². The van der Waals surface area contributed by atoms with Gasteiger partial charge in [-0.15, -0.1) is 10.2 Å². The highest BCUT2D eigenvalue weighted by molar-refractivity contribution is 8.01. The van der Waals surface area contributed by atoms with Crippen LogP contribution < -0.4 is 5.32 Å². The van der Waals surface area contributed by atoms with Gasteiger partial charge < -0.3 is 15.3 Å². The Kier molecular flexibility index (Phi) is 7.29. The number of para-hydroxylation sites is 1. The van der Waals surface area contributed by atoms with Gasteiger partial charge in [0, 0.05) is 18.0 Å². The predicted molar refractivity (Wildman–Crippen MR) is 98.9 cm³/mol. The van der Waals surface area contributed by atoms with Crippen molar-refractivity contribution in [3.05, 3.63) is 29.8 Å². The molecule has 0 bridgehead atoms. The first kappa shape index (κ1) is 18.2. The van der Waals surface area contributed by atoms with Gasteiger partial charge in [0.15, 0.2) is 4.34 Å². The summed E-state index contributed by atoms with van der Waals surface area (Å²) in [4.78, 5) is 2.22. The van der Waals surface area contributed by atoms with E-state index in [0.29, 0.717) is 12.3 Å². The van der Waals surface area contributed by atoms with E-state index in [9.17, 15) is 5.11 Å². The van der Waals surface area contributed by atoms with Crippen LogP contribution in [0.15, 0.2) is 28.6 Å². The molecule has 0 amide bonds. The average molecular weight is 353 g/mol. The SMILES string of the molecule is CCN(CC)CC(O)CSc1nnc(Nc2ccccc2C)s1. The lowest BCUT2D eigenvalue weighted by molar-refractivity contribution is 0.137. The molecule has 1 aromatic carbocycles. The molecule has 0 aliphatic heterocycles. The van der Waals surface area contributed by atoms with Gasteiger partial charge in [-0.1, -0.05) is 55.1 Å². The van der Waals surface area contributed by atoms with Gasteiger partial charge in [-0.05, 0) is 31.6 Å². The summed E-state index contributed by atoms with van der Waals surface area (Å²) < 4.78 is 0.875. The first-order chi connectivity index (χ1) is 11.1. The number of aliphatic hydroxyl groups excluding tert-OH is 1. The summed E-state index contributed by atoms with van der Waals surface area (Å²) in [6.45, 7) is 8.90. The summed E-state index contributed by atoms with van der Waals surface area (Å²) in [6.07, 6.45) is -0.350. The van der Waals surface area contributed by atoms with Crippen molar-refractivity contribution >= 4 is 33.9 Å². The molecule has 1 unspecified atom stereocenters. The number of hydrogen-bond donors (Lipinski definition) is 2. The van der Waals surface area contributed by atoms with E-state index in [1.165, 1.54) is 16.9 Å². The van der Waals surface area contributed by atoms with E-state index in [-0.39, 0.29) is 6.10 Å². The molecular weight excluding hydrogens is 328 g/mol. The highest BCUT2D eigenvalue weighted by Gasteiger charge is 2.12. The van der Waals surface area contributed by atoms with E-state index in [4.69, 9.17) is 0 Å². The van der Waals surface area contributed by atoms with Crippen LogP contribution in [-0.4, -0.2) is 51.7 Å². The zero-order valence-electron chi connectivity index (χ0n) is 13.8. The maximum Gasteiger partial charge on any atom is 0.210 e. The Morgan fingerprint density at radius 1 is 1.26 bits per heavy atom. The normalized spacial score (nSPS) is 12.6. The topological polar surface area (TPSA) is 61.3 Å². The molecule has 0 radical (unpaired) electrons. The number of aryl methyl sites for hydroxylation is 1. The zero-order chi connectivity index (χ0) is 16.7. The summed E-state index contributed by atoms with van der Waals surface area (Å²) in [5.41, 5.74) is 2.22. The molecule has 0 saturated carbocycles. The Hall–Kier alpha value is -1.15. The number of thioether (sulfide) groups is 1. The van der Waals surface area contributed by atoms with Gasteiger partial charge in [-0.2, -0.15) is 0 Å². The molecule has 5 nitrogen and oxygen atoms in total. The minimum Gasteiger partial charge on any atom is -0.391 e. The Balaban J connectivity index is 1.84. The second-order valence-electron chi connectivity index (χ2n) is 5.26. The zero-order valence-corrected chi connectivity index (χ0v) is 15.5. The van der Waals surface area contributed by atoms with Crippen molar-refractivity contribution in [3.8, 4) is 0 Å². The molecule has 0 saturated heterocycles. The number of rotatable bonds is 9. The number of aliphatic hydroxyl groups is 1. The molecule has 23 heavy (non-hydrogen) atoms. The molecule has 0 aliphatic rings. The highest BCUT2D eigenvalue weighted by Crippen LogP contribution is 2.29. The summed E-state index contributed by atoms with van der Waals surface area (Å²) >= 11 is 3.07. The Morgan fingerprint density at radius 3 is 2.70 bits per heavy atom. The van der Waals surface area contributed by atoms with Crippen molar-refractivity contribution in [3.63, 3.8) is 0 Å². The second-order valence-corrected chi connectivity index (χ2v) is 7.51. The summed E-state index contributed by atoms with van der Waals surface area (Å²) in [5, 5.41) is 22.5. The Labute approximate surface area is 146 Å². The molecule has 2 N–H and O–H groups in total. The summed E-state index contributed by atoms with van der Waals surface area (Å²) in [5.74, 6) is 0.634. The molecule has 0 fully saturated rings. The number of anilines is 2. The summed E-state index contributed by atoms with van der Waals surface area (Å²) in [7, 11) is 0. The van der Waals surface area contributed by atoms with Crippen LogP contribution in [0.2, 0.25) is 0 Å². The number of nitrogens with zero attached hydrogens (tertiary/aromatic N) is 3. The van der Waals surface area contributed by atoms with Gasteiger partial charge in [-0.3, -0.25) is 0 Å². The number of hydrogen-bond acceptors (Lipinski definition) is 7. The third-order valence-electron chi connectivity index (χ3n) is 3.56. The standard InChI is InChI=1S/C16H24N4OS2/c1-4-20(5-2)10-13(21)11-22-16-19-18-15(23-16)17-14-9-7-6-8-12(14)3/h6-9,13,21H,4-5,10-11H2,1-3H3,(H,17,18). The smallest absolute Gasteiger partial charge is 0.210 e. The van der Waals surface area contributed by atoms with Crippen molar-refractivity contribution < 1.29 is 5.11 Å². The summed E-state index contributed by atoms with van der Waals surface area (Å²) in [6, 6.07) is 8.09. The van der Waals surface area contributed by atoms with E-state index in [2.05, 4.69) is 47.3 Å². The third-order valence-corrected chi connectivity index (χ3v) is 5.67. The second kappa shape index (κ2) is 9.22. The molecule has 2 aromatic rings. The number of nitrogens with one attached hydrogen (secondary N) is 1. The van der Waals surface area contributed by atoms with E-state index in [1.54, 1.807) is 11.8 Å². The van der Waals surface area contributed by atoms with Gasteiger partial charge >= 0.3 is 0 Å². The first-order valence-electron chi connectivity index (χ1n) is 7.81. The predicted octanol–water partition coefficient (Wildman–Crippen LogP) is 3.38. The molecule has 126 valence electrons. The molecule has 1 aromatic heterocycles. The molecule has 0 aliphatic carbocycles. The van der Waals surface area contributed by atoms with Crippen LogP contribution in [0.1, 0.15) is 19.4 Å². The van der Waals surface area contributed by atoms with E-state index >= 15 is 0 Å². The van der Waals surface area contributed by atoms with Gasteiger partial charge in [-0.25, -0.2) is 0 Å². The quantitative estimate of drug-likeness (QED) is 0.675. The van der Waals surface area contributed by atoms with Crippen molar-refractivity contribution in [1.29, 1.82) is 0 Å². The lowest BCUT2D eigenvalue weighted by Gasteiger charge is -2.21. The number of benzene rings is 1. The van der Waals surface area contributed by atoms with Crippen molar-refractivity contribution in [2.45, 2.75) is 31.2 Å². The molecule has 1 atom stereocenters. The van der Waals surface area contributed by atoms with Crippen LogP contribution in [0.4, 0.5) is 10.8 Å². The van der Waals surface area contributed by atoms with Gasteiger partial charge in [0.25, 0.3) is 0 Å². The van der Waals surface area contributed by atoms with Crippen LogP contribution >= 0.6 is 23.1 Å². The van der Waals surface area contributed by atoms with E-state index in [1.807, 2.05) is 18.2 Å². The van der Waals surface area contributed by atoms with Gasteiger partial charge in [0.1, 0.15) is 0 Å². The van der Waals surface area contributed by atoms with E-state index < -0.39 is 0 Å². The minimum absolute atomic E-state index is 0.350. The maximum absolute atomic E-state index is 10.1. The Bertz CT molecular complexity index is 601. The number of aromatic nitrogens is 2. The van der Waals surface area contributed by atoms with E-state index in [0.717, 1.165) is 28.2 Å². The first-order valence-corrected chi connectivity index (χ1v) is 9.62. The fraction of sp³-hybridized carbons (Fsp3) is 0.500. The van der Waals surface area contributed by atoms with Gasteiger partial charge in [0.05, 0.1) is 6.10 Å². The largest absolute Gasteiger partial charge is 0.391 e. The molecule has 0 spiro atoms. The highest BCUT2D eigenvalue weighted by atomic mass is 32.2. The third kappa shape index (κ3) is 5.76. The minimum atomic E-state index is -0.350. The molecule has 1 heterocycles. The van der Waals surface area contributed by atoms with Crippen molar-refractivity contribution in [1.82, 2.24) is 15.1 Å². The van der Waals surface area contributed by atoms with Crippen LogP contribution in [0.5, 0.6) is 0 Å². The lowest BCUT2D eigenvalue weighted by Crippen LogP contribution is -2.33. The van der Waals surface area contributed by atoms with Crippen LogP contribution in [0, 0.1) is 6.92 Å². The molecule has 7 heteroatoms. The van der Waals surface area contributed by atoms with Crippen molar-refractivity contribution in [2.75, 3.05) is 30.7 Å². The maximum atomic E-state index is 10.1.